The van der Waals surface area contributed by atoms with E-state index in [0.29, 0.717) is 22.8 Å². The van der Waals surface area contributed by atoms with Gasteiger partial charge in [-0.3, -0.25) is 4.68 Å². The highest BCUT2D eigenvalue weighted by Crippen LogP contribution is 2.40. The predicted molar refractivity (Wildman–Crippen MR) is 124 cm³/mol. The van der Waals surface area contributed by atoms with Gasteiger partial charge in [0.1, 0.15) is 15.7 Å². The number of halogens is 1. The van der Waals surface area contributed by atoms with Gasteiger partial charge in [0.25, 0.3) is 0 Å². The minimum atomic E-state index is 0.321. The average Bonchev–Trinajstić information content (AvgIpc) is 3.44. The molecule has 0 unspecified atom stereocenters. The largest absolute Gasteiger partial charge is 0.331 e. The number of fused-ring (bicyclic) bond motifs is 1. The van der Waals surface area contributed by atoms with Crippen molar-refractivity contribution in [1.82, 2.24) is 29.3 Å². The van der Waals surface area contributed by atoms with Gasteiger partial charge in [-0.15, -0.1) is 11.3 Å². The number of thiophene rings is 1. The molecule has 29 heavy (non-hydrogen) atoms. The van der Waals surface area contributed by atoms with E-state index in [1.807, 2.05) is 69.4 Å². The fraction of sp³-hybridized carbons (Fsp3) is 0.429. The molecule has 0 saturated carbocycles. The molecule has 0 atom stereocenters. The van der Waals surface area contributed by atoms with Gasteiger partial charge in [-0.1, -0.05) is 39.3 Å². The Balaban J connectivity index is 0.000000707. The van der Waals surface area contributed by atoms with Crippen molar-refractivity contribution in [3.05, 3.63) is 35.4 Å². The third kappa shape index (κ3) is 4.51. The van der Waals surface area contributed by atoms with Crippen molar-refractivity contribution in [2.75, 3.05) is 0 Å². The van der Waals surface area contributed by atoms with E-state index in [1.165, 1.54) is 0 Å². The quantitative estimate of drug-likeness (QED) is 0.344. The third-order valence-corrected chi connectivity index (χ3v) is 5.62. The molecule has 0 aromatic carbocycles. The number of imidazole rings is 1. The maximum Gasteiger partial charge on any atom is 0.198 e. The second kappa shape index (κ2) is 9.98. The summed E-state index contributed by atoms with van der Waals surface area (Å²) in [4.78, 5) is 15.4. The molecule has 0 saturated heterocycles. The van der Waals surface area contributed by atoms with Crippen LogP contribution < -0.4 is 0 Å². The lowest BCUT2D eigenvalue weighted by Crippen LogP contribution is -2.00. The minimum Gasteiger partial charge on any atom is -0.331 e. The zero-order valence-corrected chi connectivity index (χ0v) is 19.9. The Bertz CT molecular complexity index is 1080. The van der Waals surface area contributed by atoms with Gasteiger partial charge in [0.15, 0.2) is 11.6 Å². The lowest BCUT2D eigenvalue weighted by Gasteiger charge is -2.03. The van der Waals surface area contributed by atoms with Crippen molar-refractivity contribution in [2.45, 2.75) is 54.5 Å². The van der Waals surface area contributed by atoms with E-state index in [-0.39, 0.29) is 0 Å². The van der Waals surface area contributed by atoms with Crippen LogP contribution in [0.25, 0.3) is 32.4 Å². The van der Waals surface area contributed by atoms with Crippen molar-refractivity contribution in [3.63, 3.8) is 0 Å². The zero-order valence-electron chi connectivity index (χ0n) is 18.4. The molecule has 0 aliphatic carbocycles. The predicted octanol–water partition coefficient (Wildman–Crippen LogP) is 6.55. The van der Waals surface area contributed by atoms with Crippen LogP contribution in [0.1, 0.15) is 53.1 Å². The van der Waals surface area contributed by atoms with E-state index in [9.17, 15) is 0 Å². The Morgan fingerprint density at radius 2 is 1.76 bits per heavy atom. The molecule has 0 amide bonds. The van der Waals surface area contributed by atoms with Crippen LogP contribution in [-0.4, -0.2) is 29.3 Å². The van der Waals surface area contributed by atoms with Gasteiger partial charge in [0.2, 0.25) is 0 Å². The van der Waals surface area contributed by atoms with Crippen LogP contribution in [0, 0.1) is 6.92 Å². The van der Waals surface area contributed by atoms with Crippen molar-refractivity contribution >= 4 is 33.2 Å². The average molecular weight is 433 g/mol. The van der Waals surface area contributed by atoms with Gasteiger partial charge in [-0.25, -0.2) is 15.0 Å². The molecule has 0 bridgehead atoms. The summed E-state index contributed by atoms with van der Waals surface area (Å²) in [6, 6.07) is 2.35. The van der Waals surface area contributed by atoms with Gasteiger partial charge < -0.3 is 4.57 Å². The molecule has 0 aliphatic heterocycles. The Morgan fingerprint density at radius 3 is 2.31 bits per heavy atom. The SMILES string of the molecule is CC.CC.Cc1c(-c2ccn(C(C)C)n2)sc2nc(-c3nccn3C)nc(Cl)c12. The Kier molecular flexibility index (Phi) is 7.93. The molecule has 4 aromatic rings. The zero-order chi connectivity index (χ0) is 21.7. The molecule has 4 rings (SSSR count). The van der Waals surface area contributed by atoms with Crippen LogP contribution >= 0.6 is 22.9 Å². The fourth-order valence-corrected chi connectivity index (χ4v) is 4.28. The third-order valence-electron chi connectivity index (χ3n) is 4.14. The van der Waals surface area contributed by atoms with Crippen molar-refractivity contribution in [3.8, 4) is 22.2 Å². The normalized spacial score (nSPS) is 10.6. The van der Waals surface area contributed by atoms with E-state index in [4.69, 9.17) is 16.6 Å². The second-order valence-corrected chi connectivity index (χ2v) is 7.57. The highest BCUT2D eigenvalue weighted by molar-refractivity contribution is 7.22. The van der Waals surface area contributed by atoms with Crippen molar-refractivity contribution in [2.24, 2.45) is 7.05 Å². The van der Waals surface area contributed by atoms with Crippen LogP contribution in [0.3, 0.4) is 0 Å². The van der Waals surface area contributed by atoms with Gasteiger partial charge in [0, 0.05) is 31.7 Å². The highest BCUT2D eigenvalue weighted by atomic mass is 35.5. The van der Waals surface area contributed by atoms with E-state index in [0.717, 1.165) is 26.4 Å². The van der Waals surface area contributed by atoms with Gasteiger partial charge >= 0.3 is 0 Å². The summed E-state index contributed by atoms with van der Waals surface area (Å²) in [7, 11) is 1.91. The highest BCUT2D eigenvalue weighted by Gasteiger charge is 2.19. The molecule has 4 aromatic heterocycles. The number of hydrogen-bond donors (Lipinski definition) is 0. The molecule has 0 radical (unpaired) electrons. The smallest absolute Gasteiger partial charge is 0.198 e. The monoisotopic (exact) mass is 432 g/mol. The molecule has 0 aliphatic rings. The Morgan fingerprint density at radius 1 is 1.07 bits per heavy atom. The topological polar surface area (TPSA) is 61.4 Å². The van der Waals surface area contributed by atoms with Crippen LogP contribution in [0.2, 0.25) is 5.15 Å². The summed E-state index contributed by atoms with van der Waals surface area (Å²) >= 11 is 8.07. The van der Waals surface area contributed by atoms with Crippen LogP contribution in [0.5, 0.6) is 0 Å². The van der Waals surface area contributed by atoms with E-state index >= 15 is 0 Å². The lowest BCUT2D eigenvalue weighted by atomic mass is 10.2. The summed E-state index contributed by atoms with van der Waals surface area (Å²) in [5.74, 6) is 1.23. The standard InChI is InChI=1S/C17H17ClN6S.2C2H6/c1-9(2)24-7-5-11(22-24)13-10(3)12-14(18)20-15(21-17(12)25-13)16-19-6-8-23(16)4;2*1-2/h5-9H,1-4H3;2*1-2H3. The first-order valence-corrected chi connectivity index (χ1v) is 11.1. The summed E-state index contributed by atoms with van der Waals surface area (Å²) < 4.78 is 3.83. The number of rotatable bonds is 3. The first kappa shape index (κ1) is 23.0. The first-order valence-electron chi connectivity index (χ1n) is 9.95. The van der Waals surface area contributed by atoms with Gasteiger partial charge in [-0.05, 0) is 32.4 Å². The number of aryl methyl sites for hydroxylation is 2. The molecule has 0 fully saturated rings. The maximum atomic E-state index is 6.49. The Hall–Kier alpha value is -2.25. The molecule has 0 N–H and O–H groups in total. The maximum absolute atomic E-state index is 6.49. The molecule has 6 nitrogen and oxygen atoms in total. The number of nitrogens with zero attached hydrogens (tertiary/aromatic N) is 6. The fourth-order valence-electron chi connectivity index (χ4n) is 2.76. The molecule has 4 heterocycles. The summed E-state index contributed by atoms with van der Waals surface area (Å²) in [6.07, 6.45) is 5.58. The lowest BCUT2D eigenvalue weighted by molar-refractivity contribution is 0.534. The number of hydrogen-bond acceptors (Lipinski definition) is 5. The van der Waals surface area contributed by atoms with Crippen LogP contribution in [0.4, 0.5) is 0 Å². The second-order valence-electron chi connectivity index (χ2n) is 6.21. The van der Waals surface area contributed by atoms with Gasteiger partial charge in [0.05, 0.1) is 10.3 Å². The molecule has 8 heteroatoms. The van der Waals surface area contributed by atoms with Crippen molar-refractivity contribution in [1.29, 1.82) is 0 Å². The first-order chi connectivity index (χ1) is 14.0. The molecule has 156 valence electrons. The summed E-state index contributed by atoms with van der Waals surface area (Å²) in [5, 5.41) is 6.01. The Labute approximate surface area is 181 Å². The van der Waals surface area contributed by atoms with Gasteiger partial charge in [-0.2, -0.15) is 5.10 Å². The summed E-state index contributed by atoms with van der Waals surface area (Å²) in [6.45, 7) is 14.3. The van der Waals surface area contributed by atoms with E-state index < -0.39 is 0 Å². The van der Waals surface area contributed by atoms with Crippen molar-refractivity contribution < 1.29 is 0 Å². The minimum absolute atomic E-state index is 0.321. The van der Waals surface area contributed by atoms with Crippen LogP contribution in [-0.2, 0) is 7.05 Å². The van der Waals surface area contributed by atoms with E-state index in [2.05, 4.69) is 28.9 Å². The molecule has 0 spiro atoms. The number of aromatic nitrogens is 6. The van der Waals surface area contributed by atoms with E-state index in [1.54, 1.807) is 17.5 Å². The summed E-state index contributed by atoms with van der Waals surface area (Å²) in [5.41, 5.74) is 1.99. The van der Waals surface area contributed by atoms with Crippen LogP contribution in [0.15, 0.2) is 24.7 Å². The molecular formula is C21H29ClN6S. The molecular weight excluding hydrogens is 404 g/mol.